The van der Waals surface area contributed by atoms with E-state index in [9.17, 15) is 26.3 Å². The van der Waals surface area contributed by atoms with Crippen LogP contribution in [0.15, 0.2) is 18.2 Å². The van der Waals surface area contributed by atoms with Gasteiger partial charge in [-0.25, -0.2) is 0 Å². The van der Waals surface area contributed by atoms with Crippen LogP contribution in [0.2, 0.25) is 0 Å². The second-order valence-electron chi connectivity index (χ2n) is 5.42. The fourth-order valence-corrected chi connectivity index (χ4v) is 1.87. The first-order chi connectivity index (χ1) is 9.41. The van der Waals surface area contributed by atoms with Crippen LogP contribution in [0.25, 0.3) is 0 Å². The van der Waals surface area contributed by atoms with Crippen LogP contribution in [0.1, 0.15) is 49.4 Å². The molecule has 1 rings (SSSR count). The van der Waals surface area contributed by atoms with Crippen LogP contribution in [-0.2, 0) is 12.4 Å². The maximum atomic E-state index is 12.7. The zero-order chi connectivity index (χ0) is 16.4. The van der Waals surface area contributed by atoms with Gasteiger partial charge in [0.15, 0.2) is 0 Å². The van der Waals surface area contributed by atoms with Crippen molar-refractivity contribution < 1.29 is 26.3 Å². The van der Waals surface area contributed by atoms with Crippen LogP contribution in [-0.4, -0.2) is 0 Å². The van der Waals surface area contributed by atoms with E-state index in [1.54, 1.807) is 0 Å². The molecule has 120 valence electrons. The van der Waals surface area contributed by atoms with E-state index in [2.05, 4.69) is 0 Å². The lowest BCUT2D eigenvalue weighted by Crippen LogP contribution is -2.16. The van der Waals surface area contributed by atoms with Crippen molar-refractivity contribution in [3.05, 3.63) is 34.9 Å². The molecule has 0 saturated carbocycles. The van der Waals surface area contributed by atoms with Gasteiger partial charge in [0.25, 0.3) is 0 Å². The minimum Gasteiger partial charge on any atom is -0.324 e. The molecule has 21 heavy (non-hydrogen) atoms. The molecule has 0 aromatic heterocycles. The molecule has 1 aromatic carbocycles. The molecule has 2 N–H and O–H groups in total. The molecule has 1 unspecified atom stereocenters. The lowest BCUT2D eigenvalue weighted by atomic mass is 9.95. The number of benzene rings is 1. The summed E-state index contributed by atoms with van der Waals surface area (Å²) in [6.07, 6.45) is -8.73. The molecule has 1 nitrogen and oxygen atoms in total. The Labute approximate surface area is 119 Å². The maximum Gasteiger partial charge on any atom is 0.416 e. The Morgan fingerprint density at radius 2 is 1.29 bits per heavy atom. The largest absolute Gasteiger partial charge is 0.416 e. The zero-order valence-electron chi connectivity index (χ0n) is 11.6. The highest BCUT2D eigenvalue weighted by molar-refractivity contribution is 5.35. The van der Waals surface area contributed by atoms with E-state index in [-0.39, 0.29) is 17.5 Å². The lowest BCUT2D eigenvalue weighted by Gasteiger charge is -2.18. The summed E-state index contributed by atoms with van der Waals surface area (Å²) in [6, 6.07) is 0.648. The first-order valence-corrected chi connectivity index (χ1v) is 6.46. The highest BCUT2D eigenvalue weighted by atomic mass is 19.4. The van der Waals surface area contributed by atoms with Crippen molar-refractivity contribution in [2.45, 2.75) is 45.1 Å². The smallest absolute Gasteiger partial charge is 0.324 e. The van der Waals surface area contributed by atoms with E-state index in [1.165, 1.54) is 0 Å². The molecular weight excluding hydrogens is 296 g/mol. The van der Waals surface area contributed by atoms with Crippen LogP contribution in [0.4, 0.5) is 26.3 Å². The van der Waals surface area contributed by atoms with Gasteiger partial charge in [-0.05, 0) is 42.5 Å². The molecule has 0 spiro atoms. The van der Waals surface area contributed by atoms with Gasteiger partial charge >= 0.3 is 12.4 Å². The Morgan fingerprint density at radius 3 is 1.62 bits per heavy atom. The normalized spacial score (nSPS) is 14.6. The highest BCUT2D eigenvalue weighted by Gasteiger charge is 2.37. The molecule has 0 aliphatic heterocycles. The summed E-state index contributed by atoms with van der Waals surface area (Å²) in [5.41, 5.74) is 2.94. The van der Waals surface area contributed by atoms with Gasteiger partial charge in [0.2, 0.25) is 0 Å². The first kappa shape index (κ1) is 17.8. The summed E-state index contributed by atoms with van der Waals surface area (Å²) < 4.78 is 76.2. The lowest BCUT2D eigenvalue weighted by molar-refractivity contribution is -0.143. The third kappa shape index (κ3) is 5.22. The molecule has 0 radical (unpaired) electrons. The SMILES string of the molecule is CC(C)CCC(N)c1cc(C(F)(F)F)cc(C(F)(F)F)c1. The van der Waals surface area contributed by atoms with Crippen LogP contribution < -0.4 is 5.73 Å². The van der Waals surface area contributed by atoms with Crippen molar-refractivity contribution in [1.82, 2.24) is 0 Å². The predicted octanol–water partition coefficient (Wildman–Crippen LogP) is 5.16. The molecule has 7 heteroatoms. The van der Waals surface area contributed by atoms with Gasteiger partial charge in [-0.3, -0.25) is 0 Å². The maximum absolute atomic E-state index is 12.7. The number of halogens is 6. The van der Waals surface area contributed by atoms with Crippen molar-refractivity contribution in [1.29, 1.82) is 0 Å². The molecule has 0 aliphatic rings. The Balaban J connectivity index is 3.19. The molecule has 1 atom stereocenters. The predicted molar refractivity (Wildman–Crippen MR) is 67.4 cm³/mol. The van der Waals surface area contributed by atoms with Crippen LogP contribution in [0.3, 0.4) is 0 Å². The average Bonchev–Trinajstić information content (AvgIpc) is 2.33. The van der Waals surface area contributed by atoms with Crippen LogP contribution in [0, 0.1) is 5.92 Å². The number of rotatable bonds is 4. The molecular formula is C14H17F6N. The fourth-order valence-electron chi connectivity index (χ4n) is 1.87. The average molecular weight is 313 g/mol. The molecule has 0 saturated heterocycles. The van der Waals surface area contributed by atoms with E-state index in [1.807, 2.05) is 13.8 Å². The number of hydrogen-bond donors (Lipinski definition) is 1. The Hall–Kier alpha value is -1.24. The molecule has 1 aromatic rings. The second-order valence-corrected chi connectivity index (χ2v) is 5.42. The molecule has 0 bridgehead atoms. The first-order valence-electron chi connectivity index (χ1n) is 6.46. The molecule has 0 heterocycles. The van der Waals surface area contributed by atoms with Gasteiger partial charge in [0.05, 0.1) is 11.1 Å². The molecule has 0 aliphatic carbocycles. The standard InChI is InChI=1S/C14H17F6N/c1-8(2)3-4-12(21)9-5-10(13(15,16)17)7-11(6-9)14(18,19)20/h5-8,12H,3-4,21H2,1-2H3. The summed E-state index contributed by atoms with van der Waals surface area (Å²) in [7, 11) is 0. The second kappa shape index (κ2) is 6.25. The summed E-state index contributed by atoms with van der Waals surface area (Å²) in [5.74, 6) is 0.268. The fraction of sp³-hybridized carbons (Fsp3) is 0.571. The summed E-state index contributed by atoms with van der Waals surface area (Å²) in [5, 5.41) is 0. The van der Waals surface area contributed by atoms with Crippen molar-refractivity contribution >= 4 is 0 Å². The van der Waals surface area contributed by atoms with Crippen molar-refractivity contribution in [3.63, 3.8) is 0 Å². The Bertz CT molecular complexity index is 443. The number of nitrogens with two attached hydrogens (primary N) is 1. The van der Waals surface area contributed by atoms with E-state index in [0.717, 1.165) is 0 Å². The minimum atomic E-state index is -4.84. The molecule has 0 fully saturated rings. The van der Waals surface area contributed by atoms with Gasteiger partial charge in [-0.1, -0.05) is 13.8 Å². The number of hydrogen-bond acceptors (Lipinski definition) is 1. The molecule has 0 amide bonds. The minimum absolute atomic E-state index is 0.110. The van der Waals surface area contributed by atoms with Gasteiger partial charge in [-0.2, -0.15) is 26.3 Å². The van der Waals surface area contributed by atoms with Crippen LogP contribution in [0.5, 0.6) is 0 Å². The summed E-state index contributed by atoms with van der Waals surface area (Å²) in [6.45, 7) is 3.81. The highest BCUT2D eigenvalue weighted by Crippen LogP contribution is 2.37. The summed E-state index contributed by atoms with van der Waals surface area (Å²) >= 11 is 0. The van der Waals surface area contributed by atoms with Crippen LogP contribution >= 0.6 is 0 Å². The zero-order valence-corrected chi connectivity index (χ0v) is 11.6. The van der Waals surface area contributed by atoms with Crippen molar-refractivity contribution in [2.24, 2.45) is 11.7 Å². The van der Waals surface area contributed by atoms with Gasteiger partial charge in [-0.15, -0.1) is 0 Å². The summed E-state index contributed by atoms with van der Waals surface area (Å²) in [4.78, 5) is 0. The van der Waals surface area contributed by atoms with E-state index >= 15 is 0 Å². The van der Waals surface area contributed by atoms with E-state index < -0.39 is 29.5 Å². The number of alkyl halides is 6. The third-order valence-electron chi connectivity index (χ3n) is 3.09. The van der Waals surface area contributed by atoms with E-state index in [0.29, 0.717) is 25.0 Å². The quantitative estimate of drug-likeness (QED) is 0.763. The topological polar surface area (TPSA) is 26.0 Å². The van der Waals surface area contributed by atoms with E-state index in [4.69, 9.17) is 5.73 Å². The van der Waals surface area contributed by atoms with Gasteiger partial charge < -0.3 is 5.73 Å². The van der Waals surface area contributed by atoms with Gasteiger partial charge in [0.1, 0.15) is 0 Å². The Morgan fingerprint density at radius 1 is 0.857 bits per heavy atom. The van der Waals surface area contributed by atoms with Crippen molar-refractivity contribution in [2.75, 3.05) is 0 Å². The monoisotopic (exact) mass is 313 g/mol. The van der Waals surface area contributed by atoms with Crippen molar-refractivity contribution in [3.8, 4) is 0 Å². The third-order valence-corrected chi connectivity index (χ3v) is 3.09. The Kier molecular flexibility index (Phi) is 5.30. The van der Waals surface area contributed by atoms with Gasteiger partial charge in [0, 0.05) is 6.04 Å².